The average molecular weight is 200 g/mol. The smallest absolute Gasteiger partial charge is 0.128 e. The Hall–Kier alpha value is -1.79. The monoisotopic (exact) mass is 200 g/mol. The Bertz CT molecular complexity index is 436. The maximum absolute atomic E-state index is 10.6. The normalized spacial score (nSPS) is 15.2. The minimum atomic E-state index is 0.236. The van der Waals surface area contributed by atoms with Gasteiger partial charge in [0.25, 0.3) is 0 Å². The number of rotatable bonds is 3. The fraction of sp³-hybridized carbons (Fsp3) is 0.231. The van der Waals surface area contributed by atoms with Crippen LogP contribution in [0, 0.1) is 5.92 Å². The molecule has 0 bridgehead atoms. The molecule has 0 aromatic heterocycles. The van der Waals surface area contributed by atoms with Crippen molar-refractivity contribution in [3.05, 3.63) is 41.5 Å². The number of hydrogen-bond donors (Lipinski definition) is 1. The highest BCUT2D eigenvalue weighted by atomic mass is 16.3. The molecule has 2 nitrogen and oxygen atoms in total. The van der Waals surface area contributed by atoms with Crippen LogP contribution in [0.5, 0.6) is 5.75 Å². The average Bonchev–Trinajstić information content (AvgIpc) is 3.03. The van der Waals surface area contributed by atoms with Crippen molar-refractivity contribution in [1.29, 1.82) is 0 Å². The largest absolute Gasteiger partial charge is 0.508 e. The van der Waals surface area contributed by atoms with E-state index in [9.17, 15) is 9.90 Å². The second kappa shape index (κ2) is 4.16. The quantitative estimate of drug-likeness (QED) is 0.601. The summed E-state index contributed by atoms with van der Waals surface area (Å²) in [6.07, 6.45) is 5.81. The molecule has 0 radical (unpaired) electrons. The van der Waals surface area contributed by atoms with Crippen molar-refractivity contribution in [2.75, 3.05) is 0 Å². The zero-order chi connectivity index (χ0) is 10.7. The summed E-state index contributed by atoms with van der Waals surface area (Å²) in [6.45, 7) is 0. The molecule has 0 saturated heterocycles. The minimum Gasteiger partial charge on any atom is -0.508 e. The van der Waals surface area contributed by atoms with Crippen LogP contribution in [0.3, 0.4) is 0 Å². The predicted molar refractivity (Wildman–Crippen MR) is 59.1 cm³/mol. The van der Waals surface area contributed by atoms with Gasteiger partial charge in [0.1, 0.15) is 11.7 Å². The van der Waals surface area contributed by atoms with Crippen LogP contribution in [0.4, 0.5) is 0 Å². The van der Waals surface area contributed by atoms with E-state index in [4.69, 9.17) is 0 Å². The summed E-state index contributed by atoms with van der Waals surface area (Å²) >= 11 is 0. The van der Waals surface area contributed by atoms with Crippen molar-refractivity contribution in [1.82, 2.24) is 0 Å². The van der Waals surface area contributed by atoms with Crippen LogP contribution in [0.15, 0.2) is 35.9 Å². The van der Waals surface area contributed by atoms with Gasteiger partial charge in [0.15, 0.2) is 0 Å². The van der Waals surface area contributed by atoms with E-state index in [2.05, 4.69) is 0 Å². The lowest BCUT2D eigenvalue weighted by Crippen LogP contribution is -1.81. The Kier molecular flexibility index (Phi) is 2.70. The molecule has 1 aromatic carbocycles. The Morgan fingerprint density at radius 3 is 2.87 bits per heavy atom. The number of aromatic hydroxyl groups is 1. The van der Waals surface area contributed by atoms with Crippen LogP contribution in [-0.4, -0.2) is 11.0 Å². The molecule has 1 aromatic rings. The molecule has 1 aliphatic rings. The number of phenolic OH excluding ortho intramolecular Hbond substituents is 1. The van der Waals surface area contributed by atoms with E-state index >= 15 is 0 Å². The lowest BCUT2D eigenvalue weighted by Gasteiger charge is -1.95. The molecule has 1 fully saturated rings. The van der Waals surface area contributed by atoms with Crippen LogP contribution in [0.2, 0.25) is 0 Å². The van der Waals surface area contributed by atoms with E-state index in [1.807, 2.05) is 18.1 Å². The van der Waals surface area contributed by atoms with Crippen molar-refractivity contribution in [2.45, 2.75) is 12.8 Å². The Labute approximate surface area is 88.6 Å². The van der Waals surface area contributed by atoms with E-state index in [0.717, 1.165) is 24.0 Å². The highest BCUT2D eigenvalue weighted by Gasteiger charge is 2.25. The molecule has 2 rings (SSSR count). The molecule has 15 heavy (non-hydrogen) atoms. The molecule has 0 unspecified atom stereocenters. The first-order valence-corrected chi connectivity index (χ1v) is 5.01. The third-order valence-electron chi connectivity index (χ3n) is 2.46. The fourth-order valence-electron chi connectivity index (χ4n) is 1.46. The number of hydrogen-bond acceptors (Lipinski definition) is 2. The Morgan fingerprint density at radius 2 is 2.27 bits per heavy atom. The van der Waals surface area contributed by atoms with Gasteiger partial charge in [0.2, 0.25) is 0 Å². The molecular formula is C13H12O2. The van der Waals surface area contributed by atoms with E-state index in [0.29, 0.717) is 5.92 Å². The number of benzene rings is 1. The first-order valence-electron chi connectivity index (χ1n) is 5.01. The van der Waals surface area contributed by atoms with Gasteiger partial charge in [0.05, 0.1) is 0 Å². The lowest BCUT2D eigenvalue weighted by molar-refractivity contribution is 0.475. The lowest BCUT2D eigenvalue weighted by atomic mass is 10.1. The standard InChI is InChI=1S/C13H12O2/c14-9-12(11-6-7-11)5-4-10-2-1-3-13(15)8-10/h1-5,8,11,15H,6-7H2/b5-4+. The minimum absolute atomic E-state index is 0.236. The zero-order valence-corrected chi connectivity index (χ0v) is 8.31. The van der Waals surface area contributed by atoms with E-state index < -0.39 is 0 Å². The summed E-state index contributed by atoms with van der Waals surface area (Å²) in [6, 6.07) is 6.93. The van der Waals surface area contributed by atoms with Crippen LogP contribution in [0.25, 0.3) is 6.08 Å². The summed E-state index contributed by atoms with van der Waals surface area (Å²) < 4.78 is 0. The maximum Gasteiger partial charge on any atom is 0.128 e. The molecule has 1 saturated carbocycles. The van der Waals surface area contributed by atoms with Gasteiger partial charge < -0.3 is 5.11 Å². The first kappa shape index (κ1) is 9.75. The van der Waals surface area contributed by atoms with Gasteiger partial charge in [-0.3, -0.25) is 0 Å². The summed E-state index contributed by atoms with van der Waals surface area (Å²) in [5, 5.41) is 9.24. The maximum atomic E-state index is 10.6. The first-order chi connectivity index (χ1) is 7.29. The second-order valence-electron chi connectivity index (χ2n) is 3.76. The van der Waals surface area contributed by atoms with E-state index in [1.54, 1.807) is 24.3 Å². The molecule has 0 spiro atoms. The van der Waals surface area contributed by atoms with Gasteiger partial charge in [-0.1, -0.05) is 18.2 Å². The van der Waals surface area contributed by atoms with Gasteiger partial charge in [0, 0.05) is 5.57 Å². The summed E-state index contributed by atoms with van der Waals surface area (Å²) in [5.41, 5.74) is 1.63. The number of allylic oxidation sites excluding steroid dienone is 2. The predicted octanol–water partition coefficient (Wildman–Crippen LogP) is 2.57. The van der Waals surface area contributed by atoms with E-state index in [-0.39, 0.29) is 5.75 Å². The van der Waals surface area contributed by atoms with Gasteiger partial charge in [-0.25, -0.2) is 4.79 Å². The molecule has 2 heteroatoms. The van der Waals surface area contributed by atoms with Crippen molar-refractivity contribution in [3.63, 3.8) is 0 Å². The van der Waals surface area contributed by atoms with Crippen LogP contribution >= 0.6 is 0 Å². The Balaban J connectivity index is 2.13. The van der Waals surface area contributed by atoms with Gasteiger partial charge in [-0.2, -0.15) is 0 Å². The second-order valence-corrected chi connectivity index (χ2v) is 3.76. The van der Waals surface area contributed by atoms with E-state index in [1.165, 1.54) is 0 Å². The van der Waals surface area contributed by atoms with Gasteiger partial charge >= 0.3 is 0 Å². The van der Waals surface area contributed by atoms with Crippen molar-refractivity contribution >= 4 is 12.0 Å². The zero-order valence-electron chi connectivity index (χ0n) is 8.31. The molecule has 0 heterocycles. The SMILES string of the molecule is O=C=C(/C=C/c1cccc(O)c1)C1CC1. The van der Waals surface area contributed by atoms with Crippen LogP contribution in [0.1, 0.15) is 18.4 Å². The molecule has 0 aliphatic heterocycles. The number of phenols is 1. The highest BCUT2D eigenvalue weighted by Crippen LogP contribution is 2.35. The van der Waals surface area contributed by atoms with Gasteiger partial charge in [-0.15, -0.1) is 0 Å². The van der Waals surface area contributed by atoms with Crippen molar-refractivity contribution < 1.29 is 9.90 Å². The summed E-state index contributed by atoms with van der Waals surface area (Å²) in [5.74, 6) is 2.62. The highest BCUT2D eigenvalue weighted by molar-refractivity contribution is 5.65. The Morgan fingerprint density at radius 1 is 1.47 bits per heavy atom. The topological polar surface area (TPSA) is 37.3 Å². The van der Waals surface area contributed by atoms with Gasteiger partial charge in [-0.05, 0) is 42.5 Å². The summed E-state index contributed by atoms with van der Waals surface area (Å²) in [7, 11) is 0. The molecule has 0 amide bonds. The molecular weight excluding hydrogens is 188 g/mol. The van der Waals surface area contributed by atoms with Crippen LogP contribution < -0.4 is 0 Å². The third kappa shape index (κ3) is 2.58. The molecule has 76 valence electrons. The van der Waals surface area contributed by atoms with Crippen LogP contribution in [-0.2, 0) is 4.79 Å². The molecule has 1 N–H and O–H groups in total. The molecule has 0 atom stereocenters. The van der Waals surface area contributed by atoms with Crippen molar-refractivity contribution in [2.24, 2.45) is 5.92 Å². The molecule has 1 aliphatic carbocycles. The van der Waals surface area contributed by atoms with Crippen molar-refractivity contribution in [3.8, 4) is 5.75 Å². The third-order valence-corrected chi connectivity index (χ3v) is 2.46. The fourth-order valence-corrected chi connectivity index (χ4v) is 1.46. The number of carbonyl (C=O) groups excluding carboxylic acids is 1. The summed E-state index contributed by atoms with van der Waals surface area (Å²) in [4.78, 5) is 10.6.